The minimum absolute atomic E-state index is 0.0347. The van der Waals surface area contributed by atoms with Gasteiger partial charge in [-0.15, -0.1) is 11.3 Å². The molecular weight excluding hydrogens is 144 g/mol. The maximum absolute atomic E-state index is 5.75. The second kappa shape index (κ2) is 2.94. The first-order valence-electron chi connectivity index (χ1n) is 3.01. The topological polar surface area (TPSA) is 38.9 Å². The highest BCUT2D eigenvalue weighted by molar-refractivity contribution is 7.09. The van der Waals surface area contributed by atoms with Gasteiger partial charge in [-0.05, 0) is 6.92 Å². The maximum Gasteiger partial charge on any atom is 0.0794 e. The van der Waals surface area contributed by atoms with Crippen molar-refractivity contribution in [3.05, 3.63) is 28.7 Å². The van der Waals surface area contributed by atoms with Crippen molar-refractivity contribution in [2.24, 2.45) is 5.73 Å². The van der Waals surface area contributed by atoms with Crippen molar-refractivity contribution >= 4 is 11.3 Å². The lowest BCUT2D eigenvalue weighted by Gasteiger charge is -2.06. The first-order valence-corrected chi connectivity index (χ1v) is 3.89. The molecule has 1 unspecified atom stereocenters. The molecule has 0 aliphatic rings. The molecule has 0 amide bonds. The Morgan fingerprint density at radius 2 is 2.60 bits per heavy atom. The van der Waals surface area contributed by atoms with Gasteiger partial charge in [-0.1, -0.05) is 12.2 Å². The van der Waals surface area contributed by atoms with Crippen molar-refractivity contribution in [2.45, 2.75) is 13.0 Å². The van der Waals surface area contributed by atoms with E-state index in [0.29, 0.717) is 0 Å². The summed E-state index contributed by atoms with van der Waals surface area (Å²) in [4.78, 5) is 5.00. The van der Waals surface area contributed by atoms with Gasteiger partial charge in [0.1, 0.15) is 0 Å². The molecule has 0 spiro atoms. The van der Waals surface area contributed by atoms with Crippen molar-refractivity contribution in [2.75, 3.05) is 0 Å². The number of rotatable bonds is 2. The summed E-state index contributed by atoms with van der Waals surface area (Å²) in [6.45, 7) is 5.69. The summed E-state index contributed by atoms with van der Waals surface area (Å²) >= 11 is 1.56. The largest absolute Gasteiger partial charge is 0.320 e. The molecule has 0 saturated heterocycles. The van der Waals surface area contributed by atoms with E-state index in [1.54, 1.807) is 23.0 Å². The van der Waals surface area contributed by atoms with Gasteiger partial charge in [0.2, 0.25) is 0 Å². The number of thiazole rings is 1. The zero-order valence-corrected chi connectivity index (χ0v) is 6.69. The van der Waals surface area contributed by atoms with E-state index >= 15 is 0 Å². The molecule has 2 nitrogen and oxygen atoms in total. The van der Waals surface area contributed by atoms with Gasteiger partial charge < -0.3 is 5.73 Å². The van der Waals surface area contributed by atoms with Crippen LogP contribution in [0.2, 0.25) is 0 Å². The molecule has 1 aromatic heterocycles. The molecule has 3 heteroatoms. The van der Waals surface area contributed by atoms with Gasteiger partial charge in [0, 0.05) is 11.1 Å². The highest BCUT2D eigenvalue weighted by Crippen LogP contribution is 2.19. The minimum atomic E-state index is -0.0347. The van der Waals surface area contributed by atoms with Crippen LogP contribution in [-0.2, 0) is 0 Å². The molecule has 2 N–H and O–H groups in total. The van der Waals surface area contributed by atoms with E-state index in [4.69, 9.17) is 5.73 Å². The normalized spacial score (nSPS) is 13.0. The van der Waals surface area contributed by atoms with Gasteiger partial charge in [-0.25, -0.2) is 0 Å². The van der Waals surface area contributed by atoms with Crippen LogP contribution in [0.25, 0.3) is 0 Å². The lowest BCUT2D eigenvalue weighted by molar-refractivity contribution is 0.868. The lowest BCUT2D eigenvalue weighted by atomic mass is 10.1. The van der Waals surface area contributed by atoms with Crippen molar-refractivity contribution in [3.63, 3.8) is 0 Å². The first kappa shape index (κ1) is 7.44. The van der Waals surface area contributed by atoms with Crippen LogP contribution in [0, 0.1) is 0 Å². The predicted molar refractivity (Wildman–Crippen MR) is 43.9 cm³/mol. The molecule has 1 rings (SSSR count). The summed E-state index contributed by atoms with van der Waals surface area (Å²) in [5.74, 6) is 0. The van der Waals surface area contributed by atoms with Crippen molar-refractivity contribution in [3.8, 4) is 0 Å². The Bertz CT molecular complexity index is 216. The molecule has 1 heterocycles. The van der Waals surface area contributed by atoms with E-state index in [9.17, 15) is 0 Å². The minimum Gasteiger partial charge on any atom is -0.320 e. The van der Waals surface area contributed by atoms with Crippen LogP contribution < -0.4 is 5.73 Å². The summed E-state index contributed by atoms with van der Waals surface area (Å²) in [6, 6.07) is -0.0347. The summed E-state index contributed by atoms with van der Waals surface area (Å²) in [5.41, 5.74) is 8.51. The Morgan fingerprint density at radius 3 is 3.00 bits per heavy atom. The molecule has 0 radical (unpaired) electrons. The average molecular weight is 154 g/mol. The van der Waals surface area contributed by atoms with E-state index in [-0.39, 0.29) is 6.04 Å². The van der Waals surface area contributed by atoms with Gasteiger partial charge >= 0.3 is 0 Å². The average Bonchev–Trinajstić information content (AvgIpc) is 2.36. The van der Waals surface area contributed by atoms with Crippen molar-refractivity contribution in [1.82, 2.24) is 4.98 Å². The fourth-order valence-electron chi connectivity index (χ4n) is 0.622. The van der Waals surface area contributed by atoms with Crippen LogP contribution in [0.1, 0.15) is 17.8 Å². The Hall–Kier alpha value is -0.670. The molecule has 0 fully saturated rings. The van der Waals surface area contributed by atoms with Gasteiger partial charge in [0.25, 0.3) is 0 Å². The molecule has 54 valence electrons. The number of nitrogens with zero attached hydrogens (tertiary/aromatic N) is 1. The van der Waals surface area contributed by atoms with E-state index in [1.807, 2.05) is 6.92 Å². The fourth-order valence-corrected chi connectivity index (χ4v) is 1.34. The zero-order chi connectivity index (χ0) is 7.56. The first-order chi connectivity index (χ1) is 4.72. The Labute approximate surface area is 64.4 Å². The molecular formula is C7H10N2S. The van der Waals surface area contributed by atoms with E-state index < -0.39 is 0 Å². The summed E-state index contributed by atoms with van der Waals surface area (Å²) in [7, 11) is 0. The van der Waals surface area contributed by atoms with Crippen LogP contribution in [-0.4, -0.2) is 4.98 Å². The molecule has 0 aliphatic carbocycles. The third kappa shape index (κ3) is 1.43. The molecule has 0 aromatic carbocycles. The third-order valence-corrected chi connectivity index (χ3v) is 2.15. The smallest absolute Gasteiger partial charge is 0.0794 e. The molecule has 0 saturated carbocycles. The van der Waals surface area contributed by atoms with E-state index in [0.717, 1.165) is 10.5 Å². The standard InChI is InChI=1S/C7H10N2S/c1-5(2)7(8)6-3-9-4-10-6/h3-4,7H,1,8H2,2H3. The number of hydrogen-bond donors (Lipinski definition) is 1. The second-order valence-electron chi connectivity index (χ2n) is 2.23. The van der Waals surface area contributed by atoms with E-state index in [2.05, 4.69) is 11.6 Å². The van der Waals surface area contributed by atoms with Gasteiger partial charge in [-0.3, -0.25) is 4.98 Å². The van der Waals surface area contributed by atoms with Crippen molar-refractivity contribution in [1.29, 1.82) is 0 Å². The Kier molecular flexibility index (Phi) is 2.19. The summed E-state index contributed by atoms with van der Waals surface area (Å²) in [6.07, 6.45) is 1.78. The van der Waals surface area contributed by atoms with E-state index in [1.165, 1.54) is 0 Å². The molecule has 0 aliphatic heterocycles. The highest BCUT2D eigenvalue weighted by atomic mass is 32.1. The zero-order valence-electron chi connectivity index (χ0n) is 5.87. The number of nitrogens with two attached hydrogens (primary N) is 1. The van der Waals surface area contributed by atoms with Crippen LogP contribution in [0.15, 0.2) is 23.9 Å². The Morgan fingerprint density at radius 1 is 1.90 bits per heavy atom. The monoisotopic (exact) mass is 154 g/mol. The summed E-state index contributed by atoms with van der Waals surface area (Å²) < 4.78 is 0. The van der Waals surface area contributed by atoms with Crippen LogP contribution in [0.4, 0.5) is 0 Å². The van der Waals surface area contributed by atoms with Gasteiger partial charge in [-0.2, -0.15) is 0 Å². The van der Waals surface area contributed by atoms with Crippen LogP contribution in [0.3, 0.4) is 0 Å². The van der Waals surface area contributed by atoms with Crippen molar-refractivity contribution < 1.29 is 0 Å². The predicted octanol–water partition coefficient (Wildman–Crippen LogP) is 1.72. The highest BCUT2D eigenvalue weighted by Gasteiger charge is 2.06. The lowest BCUT2D eigenvalue weighted by Crippen LogP contribution is -2.08. The quantitative estimate of drug-likeness (QED) is 0.659. The number of aromatic nitrogens is 1. The Balaban J connectivity index is 2.77. The number of hydrogen-bond acceptors (Lipinski definition) is 3. The second-order valence-corrected chi connectivity index (χ2v) is 3.15. The maximum atomic E-state index is 5.75. The van der Waals surface area contributed by atoms with Gasteiger partial charge in [0.15, 0.2) is 0 Å². The third-order valence-electron chi connectivity index (χ3n) is 1.29. The molecule has 0 bridgehead atoms. The molecule has 10 heavy (non-hydrogen) atoms. The molecule has 1 atom stereocenters. The fraction of sp³-hybridized carbons (Fsp3) is 0.286. The van der Waals surface area contributed by atoms with Crippen LogP contribution >= 0.6 is 11.3 Å². The van der Waals surface area contributed by atoms with Gasteiger partial charge in [0.05, 0.1) is 11.6 Å². The summed E-state index contributed by atoms with van der Waals surface area (Å²) in [5, 5.41) is 0. The SMILES string of the molecule is C=C(C)C(N)c1cncs1. The van der Waals surface area contributed by atoms with Crippen LogP contribution in [0.5, 0.6) is 0 Å². The molecule has 1 aromatic rings.